The van der Waals surface area contributed by atoms with Gasteiger partial charge < -0.3 is 11.1 Å². The van der Waals surface area contributed by atoms with Crippen LogP contribution in [0.2, 0.25) is 0 Å². The van der Waals surface area contributed by atoms with E-state index in [1.165, 1.54) is 0 Å². The van der Waals surface area contributed by atoms with E-state index in [9.17, 15) is 4.79 Å². The Kier molecular flexibility index (Phi) is 8.11. The van der Waals surface area contributed by atoms with Crippen LogP contribution in [0.3, 0.4) is 0 Å². The zero-order valence-corrected chi connectivity index (χ0v) is 20.2. The first-order valence-electron chi connectivity index (χ1n) is 11.3. The van der Waals surface area contributed by atoms with Crippen LogP contribution in [0.4, 0.5) is 5.82 Å². The number of nitrogens with one attached hydrogen (secondary N) is 1. The number of anilines is 1. The summed E-state index contributed by atoms with van der Waals surface area (Å²) in [5.74, 6) is 3.70. The smallest absolute Gasteiger partial charge is 0.149 e. The minimum Gasteiger partial charge on any atom is -0.383 e. The van der Waals surface area contributed by atoms with Crippen molar-refractivity contribution in [1.82, 2.24) is 15.1 Å². The zero-order valence-electron chi connectivity index (χ0n) is 20.2. The molecule has 0 radical (unpaired) electrons. The van der Waals surface area contributed by atoms with E-state index in [0.717, 1.165) is 62.0 Å². The molecule has 2 rings (SSSR count). The zero-order chi connectivity index (χ0) is 23.2. The van der Waals surface area contributed by atoms with Crippen molar-refractivity contribution in [3.8, 4) is 12.0 Å². The number of aliphatic imine (C=N–C) groups is 1. The van der Waals surface area contributed by atoms with Crippen molar-refractivity contribution in [1.29, 1.82) is 0 Å². The number of allylic oxidation sites excluding steroid dienone is 1. The molecule has 1 aliphatic carbocycles. The van der Waals surface area contributed by atoms with Gasteiger partial charge in [0.05, 0.1) is 11.4 Å². The first-order valence-corrected chi connectivity index (χ1v) is 11.3. The maximum absolute atomic E-state index is 12.1. The number of carbonyl (C=O) groups is 1. The van der Waals surface area contributed by atoms with Gasteiger partial charge in [0.25, 0.3) is 0 Å². The highest BCUT2D eigenvalue weighted by atomic mass is 16.1. The second-order valence-electron chi connectivity index (χ2n) is 9.37. The molecule has 0 unspecified atom stereocenters. The highest BCUT2D eigenvalue weighted by Crippen LogP contribution is 2.49. The SMILES string of the molecule is C=C(NCC1(C)CCC(CC)(CC(=O)CC)CC1)C(=NC#CC)c1c(C)c(N)nn1C. The highest BCUT2D eigenvalue weighted by Gasteiger charge is 2.40. The van der Waals surface area contributed by atoms with E-state index < -0.39 is 0 Å². The number of ketones is 1. The molecular weight excluding hydrogens is 386 g/mol. The minimum absolute atomic E-state index is 0.152. The van der Waals surface area contributed by atoms with Crippen LogP contribution >= 0.6 is 0 Å². The summed E-state index contributed by atoms with van der Waals surface area (Å²) in [7, 11) is 1.85. The molecule has 6 heteroatoms. The van der Waals surface area contributed by atoms with Gasteiger partial charge >= 0.3 is 0 Å². The van der Waals surface area contributed by atoms with Gasteiger partial charge in [-0.3, -0.25) is 9.48 Å². The Morgan fingerprint density at radius 2 is 1.97 bits per heavy atom. The predicted molar refractivity (Wildman–Crippen MR) is 129 cm³/mol. The van der Waals surface area contributed by atoms with Crippen molar-refractivity contribution in [2.45, 2.75) is 79.6 Å². The van der Waals surface area contributed by atoms with E-state index in [1.807, 2.05) is 20.9 Å². The summed E-state index contributed by atoms with van der Waals surface area (Å²) in [4.78, 5) is 16.6. The van der Waals surface area contributed by atoms with Gasteiger partial charge in [-0.05, 0) is 50.4 Å². The number of rotatable bonds is 9. The normalized spacial score (nSPS) is 23.7. The fourth-order valence-electron chi connectivity index (χ4n) is 4.52. The largest absolute Gasteiger partial charge is 0.383 e. The Morgan fingerprint density at radius 1 is 1.32 bits per heavy atom. The maximum Gasteiger partial charge on any atom is 0.149 e. The van der Waals surface area contributed by atoms with Crippen molar-refractivity contribution < 1.29 is 4.79 Å². The Bertz CT molecular complexity index is 904. The van der Waals surface area contributed by atoms with Crippen LogP contribution in [-0.2, 0) is 11.8 Å². The lowest BCUT2D eigenvalue weighted by molar-refractivity contribution is -0.122. The van der Waals surface area contributed by atoms with Gasteiger partial charge in [-0.25, -0.2) is 0 Å². The van der Waals surface area contributed by atoms with E-state index >= 15 is 0 Å². The fraction of sp³-hybridized carbons (Fsp3) is 0.640. The van der Waals surface area contributed by atoms with Crippen LogP contribution < -0.4 is 11.1 Å². The van der Waals surface area contributed by atoms with Crippen molar-refractivity contribution in [3.63, 3.8) is 0 Å². The molecule has 6 nitrogen and oxygen atoms in total. The molecular formula is C25H39N5O. The van der Waals surface area contributed by atoms with Crippen LogP contribution in [0.15, 0.2) is 17.3 Å². The Labute approximate surface area is 187 Å². The molecule has 0 aliphatic heterocycles. The first kappa shape index (κ1) is 24.7. The lowest BCUT2D eigenvalue weighted by Gasteiger charge is -2.45. The van der Waals surface area contributed by atoms with Gasteiger partial charge in [0, 0.05) is 38.0 Å². The molecule has 170 valence electrons. The third-order valence-electron chi connectivity index (χ3n) is 7.07. The number of hydrogen-bond donors (Lipinski definition) is 2. The topological polar surface area (TPSA) is 85.3 Å². The molecule has 0 atom stereocenters. The lowest BCUT2D eigenvalue weighted by Crippen LogP contribution is -2.40. The van der Waals surface area contributed by atoms with Crippen LogP contribution in [0.25, 0.3) is 0 Å². The Hall–Kier alpha value is -2.55. The van der Waals surface area contributed by atoms with Crippen LogP contribution in [0.1, 0.15) is 83.9 Å². The van der Waals surface area contributed by atoms with Crippen LogP contribution in [0.5, 0.6) is 0 Å². The number of hydrogen-bond acceptors (Lipinski definition) is 5. The highest BCUT2D eigenvalue weighted by molar-refractivity contribution is 6.12. The van der Waals surface area contributed by atoms with Gasteiger partial charge in [0.15, 0.2) is 0 Å². The number of nitrogens with two attached hydrogens (primary N) is 1. The quantitative estimate of drug-likeness (QED) is 0.450. The van der Waals surface area contributed by atoms with Gasteiger partial charge in [-0.1, -0.05) is 39.7 Å². The summed E-state index contributed by atoms with van der Waals surface area (Å²) in [5, 5.41) is 7.83. The number of aromatic nitrogens is 2. The third kappa shape index (κ3) is 5.78. The van der Waals surface area contributed by atoms with Crippen molar-refractivity contribution in [2.75, 3.05) is 12.3 Å². The number of carbonyl (C=O) groups excluding carboxylic acids is 1. The maximum atomic E-state index is 12.1. The molecule has 0 amide bonds. The molecule has 0 spiro atoms. The van der Waals surface area contributed by atoms with E-state index in [0.29, 0.717) is 23.7 Å². The van der Waals surface area contributed by atoms with E-state index in [-0.39, 0.29) is 10.8 Å². The molecule has 1 saturated carbocycles. The molecule has 1 aromatic rings. The second-order valence-corrected chi connectivity index (χ2v) is 9.37. The molecule has 0 bridgehead atoms. The number of nitrogens with zero attached hydrogens (tertiary/aromatic N) is 3. The second kappa shape index (κ2) is 10.2. The third-order valence-corrected chi connectivity index (χ3v) is 7.07. The molecule has 1 heterocycles. The van der Waals surface area contributed by atoms with Gasteiger partial charge in [0.1, 0.15) is 17.3 Å². The molecule has 0 aromatic carbocycles. The van der Waals surface area contributed by atoms with E-state index in [1.54, 1.807) is 11.6 Å². The van der Waals surface area contributed by atoms with Crippen molar-refractivity contribution in [2.24, 2.45) is 22.9 Å². The summed E-state index contributed by atoms with van der Waals surface area (Å²) >= 11 is 0. The number of aryl methyl sites for hydroxylation is 1. The monoisotopic (exact) mass is 425 g/mol. The summed E-state index contributed by atoms with van der Waals surface area (Å²) in [6, 6.07) is 2.80. The Balaban J connectivity index is 2.11. The van der Waals surface area contributed by atoms with Crippen molar-refractivity contribution >= 4 is 17.3 Å². The van der Waals surface area contributed by atoms with Gasteiger partial charge in [0.2, 0.25) is 0 Å². The number of nitrogen functional groups attached to an aromatic ring is 1. The summed E-state index contributed by atoms with van der Waals surface area (Å²) in [5.41, 5.74) is 9.44. The fourth-order valence-corrected chi connectivity index (χ4v) is 4.52. The number of Topliss-reactive ketones (excluding diaryl/α,β-unsaturated/α-hetero) is 1. The summed E-state index contributed by atoms with van der Waals surface area (Å²) in [6.07, 6.45) is 6.82. The average Bonchev–Trinajstić information content (AvgIpc) is 3.00. The standard InChI is InChI=1S/C25H39N5O/c1-8-15-27-21(22-18(4)23(26)29-30(22)7)19(5)28-17-24(6)11-13-25(10-3,14-12-24)16-20(31)9-2/h28H,5,9-14,16-17H2,1-4,6-7H3,(H2,26,29). The molecule has 3 N–H and O–H groups in total. The molecule has 31 heavy (non-hydrogen) atoms. The average molecular weight is 426 g/mol. The first-order chi connectivity index (χ1) is 14.6. The van der Waals surface area contributed by atoms with E-state index in [2.05, 4.69) is 47.8 Å². The van der Waals surface area contributed by atoms with Crippen LogP contribution in [0, 0.1) is 29.7 Å². The lowest BCUT2D eigenvalue weighted by atomic mass is 9.61. The Morgan fingerprint density at radius 3 is 2.45 bits per heavy atom. The molecule has 0 saturated heterocycles. The van der Waals surface area contributed by atoms with Crippen molar-refractivity contribution in [3.05, 3.63) is 23.5 Å². The minimum atomic E-state index is 0.152. The molecule has 1 fully saturated rings. The van der Waals surface area contributed by atoms with E-state index in [4.69, 9.17) is 5.73 Å². The van der Waals surface area contributed by atoms with Gasteiger partial charge in [-0.15, -0.1) is 0 Å². The molecule has 1 aliphatic rings. The van der Waals surface area contributed by atoms with Gasteiger partial charge in [-0.2, -0.15) is 10.1 Å². The van der Waals surface area contributed by atoms with Crippen LogP contribution in [-0.4, -0.2) is 27.8 Å². The molecule has 1 aromatic heterocycles. The predicted octanol–water partition coefficient (Wildman–Crippen LogP) is 4.53. The summed E-state index contributed by atoms with van der Waals surface area (Å²) in [6.45, 7) is 15.3. The summed E-state index contributed by atoms with van der Waals surface area (Å²) < 4.78 is 1.73.